The van der Waals surface area contributed by atoms with Gasteiger partial charge in [0.15, 0.2) is 0 Å². The third-order valence-corrected chi connectivity index (χ3v) is 8.61. The smallest absolute Gasteiger partial charge is 0.207 e. The van der Waals surface area contributed by atoms with E-state index in [1.165, 1.54) is 38.4 Å². The van der Waals surface area contributed by atoms with Crippen molar-refractivity contribution in [3.05, 3.63) is 24.3 Å². The van der Waals surface area contributed by atoms with Crippen molar-refractivity contribution in [2.75, 3.05) is 14.1 Å². The molecule has 0 heterocycles. The molecule has 1 aromatic rings. The first kappa shape index (κ1) is 19.4. The van der Waals surface area contributed by atoms with Gasteiger partial charge in [0.2, 0.25) is 20.0 Å². The predicted molar refractivity (Wildman–Crippen MR) is 93.7 cm³/mol. The summed E-state index contributed by atoms with van der Waals surface area (Å²) in [5.74, 6) is 0.193. The van der Waals surface area contributed by atoms with E-state index in [0.717, 1.165) is 30.0 Å². The van der Waals surface area contributed by atoms with Gasteiger partial charge in [0.05, 0.1) is 0 Å². The summed E-state index contributed by atoms with van der Waals surface area (Å²) in [5.41, 5.74) is -0.563. The summed E-state index contributed by atoms with van der Waals surface area (Å²) in [4.78, 5) is -0.396. The van der Waals surface area contributed by atoms with Crippen LogP contribution < -0.4 is 4.72 Å². The Morgan fingerprint density at radius 2 is 1.67 bits per heavy atom. The van der Waals surface area contributed by atoms with Crippen LogP contribution in [-0.4, -0.2) is 40.8 Å². The molecule has 1 aliphatic carbocycles. The highest BCUT2D eigenvalue weighted by Crippen LogP contribution is 2.35. The highest BCUT2D eigenvalue weighted by Gasteiger charge is 2.39. The summed E-state index contributed by atoms with van der Waals surface area (Å²) < 4.78 is 54.6. The molecule has 1 aromatic carbocycles. The molecule has 1 N–H and O–H groups in total. The highest BCUT2D eigenvalue weighted by molar-refractivity contribution is 7.92. The number of hydrogen-bond acceptors (Lipinski definition) is 4. The maximum Gasteiger partial charge on any atom is 0.243 e. The number of benzene rings is 1. The van der Waals surface area contributed by atoms with Crippen molar-refractivity contribution in [1.29, 1.82) is 0 Å². The van der Waals surface area contributed by atoms with Crippen LogP contribution in [0.1, 0.15) is 39.5 Å². The molecule has 0 aromatic heterocycles. The van der Waals surface area contributed by atoms with Gasteiger partial charge in [-0.2, -0.15) is 0 Å². The number of hydrogen-bond donors (Lipinski definition) is 1. The van der Waals surface area contributed by atoms with E-state index in [2.05, 4.69) is 4.72 Å². The zero-order valence-corrected chi connectivity index (χ0v) is 16.2. The van der Waals surface area contributed by atoms with Gasteiger partial charge >= 0.3 is 0 Å². The van der Waals surface area contributed by atoms with E-state index in [4.69, 9.17) is 0 Å². The molecule has 0 aliphatic heterocycles. The molecular formula is C16H26N2O4S2. The van der Waals surface area contributed by atoms with Crippen LogP contribution in [0.5, 0.6) is 0 Å². The molecule has 1 fully saturated rings. The second-order valence-corrected chi connectivity index (χ2v) is 10.7. The first-order chi connectivity index (χ1) is 11.0. The molecule has 2 atom stereocenters. The molecule has 1 aliphatic rings. The molecule has 24 heavy (non-hydrogen) atoms. The van der Waals surface area contributed by atoms with E-state index in [9.17, 15) is 16.8 Å². The fourth-order valence-corrected chi connectivity index (χ4v) is 6.33. The van der Waals surface area contributed by atoms with Gasteiger partial charge < -0.3 is 0 Å². The number of nitrogens with zero attached hydrogens (tertiary/aromatic N) is 1. The van der Waals surface area contributed by atoms with Crippen LogP contribution in [0.25, 0.3) is 0 Å². The minimum atomic E-state index is -3.95. The van der Waals surface area contributed by atoms with Gasteiger partial charge in [0, 0.05) is 19.6 Å². The van der Waals surface area contributed by atoms with E-state index in [0.29, 0.717) is 0 Å². The summed E-state index contributed by atoms with van der Waals surface area (Å²) in [6.07, 6.45) is 3.75. The molecule has 1 saturated carbocycles. The lowest BCUT2D eigenvalue weighted by Crippen LogP contribution is -2.52. The topological polar surface area (TPSA) is 83.5 Å². The third-order valence-electron chi connectivity index (χ3n) is 4.94. The standard InChI is InChI=1S/C16H26N2O4S2/c1-13-9-7-8-12-16(13,2)17-23(19,20)14-10-5-6-11-15(14)24(21,22)18(3)4/h5-6,10-11,13,17H,7-9,12H2,1-4H3. The quantitative estimate of drug-likeness (QED) is 0.856. The maximum atomic E-state index is 12.9. The van der Waals surface area contributed by atoms with E-state index in [1.54, 1.807) is 0 Å². The van der Waals surface area contributed by atoms with Crippen molar-refractivity contribution in [2.45, 2.75) is 54.9 Å². The normalized spacial score (nSPS) is 25.8. The van der Waals surface area contributed by atoms with Gasteiger partial charge in [-0.05, 0) is 37.8 Å². The van der Waals surface area contributed by atoms with Gasteiger partial charge in [-0.25, -0.2) is 25.9 Å². The Kier molecular flexibility index (Phi) is 5.44. The maximum absolute atomic E-state index is 12.9. The molecule has 0 saturated heterocycles. The lowest BCUT2D eigenvalue weighted by molar-refractivity contribution is 0.204. The Bertz CT molecular complexity index is 803. The molecule has 8 heteroatoms. The van der Waals surface area contributed by atoms with E-state index in [-0.39, 0.29) is 15.7 Å². The van der Waals surface area contributed by atoms with Crippen molar-refractivity contribution in [3.8, 4) is 0 Å². The fraction of sp³-hybridized carbons (Fsp3) is 0.625. The van der Waals surface area contributed by atoms with Crippen LogP contribution in [0, 0.1) is 5.92 Å². The first-order valence-corrected chi connectivity index (χ1v) is 11.0. The van der Waals surface area contributed by atoms with Gasteiger partial charge in [-0.3, -0.25) is 0 Å². The number of nitrogens with one attached hydrogen (secondary N) is 1. The Hall–Kier alpha value is -0.960. The largest absolute Gasteiger partial charge is 0.243 e. The molecule has 2 unspecified atom stereocenters. The average Bonchev–Trinajstić information content (AvgIpc) is 2.50. The molecule has 0 spiro atoms. The van der Waals surface area contributed by atoms with Crippen LogP contribution in [-0.2, 0) is 20.0 Å². The van der Waals surface area contributed by atoms with Crippen LogP contribution in [0.2, 0.25) is 0 Å². The number of sulfonamides is 2. The summed E-state index contributed by atoms with van der Waals surface area (Å²) in [6, 6.07) is 5.74. The number of rotatable bonds is 5. The minimum absolute atomic E-state index is 0.193. The van der Waals surface area contributed by atoms with Crippen molar-refractivity contribution in [1.82, 2.24) is 9.03 Å². The Balaban J connectivity index is 2.48. The summed E-state index contributed by atoms with van der Waals surface area (Å²) >= 11 is 0. The highest BCUT2D eigenvalue weighted by atomic mass is 32.2. The molecule has 136 valence electrons. The van der Waals surface area contributed by atoms with Crippen molar-refractivity contribution in [2.24, 2.45) is 5.92 Å². The monoisotopic (exact) mass is 374 g/mol. The van der Waals surface area contributed by atoms with Gasteiger partial charge in [0.1, 0.15) is 9.79 Å². The fourth-order valence-electron chi connectivity index (χ4n) is 3.10. The average molecular weight is 375 g/mol. The lowest BCUT2D eigenvalue weighted by atomic mass is 9.76. The third kappa shape index (κ3) is 3.66. The minimum Gasteiger partial charge on any atom is -0.207 e. The molecule has 0 amide bonds. The van der Waals surface area contributed by atoms with Crippen molar-refractivity contribution >= 4 is 20.0 Å². The lowest BCUT2D eigenvalue weighted by Gasteiger charge is -2.40. The van der Waals surface area contributed by atoms with E-state index >= 15 is 0 Å². The summed E-state index contributed by atoms with van der Waals surface area (Å²) in [7, 11) is -5.03. The van der Waals surface area contributed by atoms with E-state index < -0.39 is 25.6 Å². The Labute approximate surface area is 145 Å². The SMILES string of the molecule is CC1CCCCC1(C)NS(=O)(=O)c1ccccc1S(=O)(=O)N(C)C. The predicted octanol–water partition coefficient (Wildman–Crippen LogP) is 2.18. The molecular weight excluding hydrogens is 348 g/mol. The van der Waals surface area contributed by atoms with Gasteiger partial charge in [0.25, 0.3) is 0 Å². The van der Waals surface area contributed by atoms with Crippen LogP contribution in [0.15, 0.2) is 34.1 Å². The molecule has 0 bridgehead atoms. The summed E-state index contributed by atoms with van der Waals surface area (Å²) in [5, 5.41) is 0. The Morgan fingerprint density at radius 1 is 1.08 bits per heavy atom. The zero-order chi connectivity index (χ0) is 18.2. The van der Waals surface area contributed by atoms with Gasteiger partial charge in [-0.15, -0.1) is 0 Å². The second-order valence-electron chi connectivity index (χ2n) is 6.90. The van der Waals surface area contributed by atoms with Crippen LogP contribution in [0.4, 0.5) is 0 Å². The van der Waals surface area contributed by atoms with Crippen molar-refractivity contribution < 1.29 is 16.8 Å². The zero-order valence-electron chi connectivity index (χ0n) is 14.6. The first-order valence-electron chi connectivity index (χ1n) is 8.06. The van der Waals surface area contributed by atoms with Crippen molar-refractivity contribution in [3.63, 3.8) is 0 Å². The summed E-state index contributed by atoms with van der Waals surface area (Å²) in [6.45, 7) is 3.93. The second kappa shape index (κ2) is 6.74. The van der Waals surface area contributed by atoms with Crippen LogP contribution in [0.3, 0.4) is 0 Å². The van der Waals surface area contributed by atoms with Gasteiger partial charge in [-0.1, -0.05) is 31.9 Å². The molecule has 2 rings (SSSR count). The van der Waals surface area contributed by atoms with E-state index in [1.807, 2.05) is 13.8 Å². The molecule has 6 nitrogen and oxygen atoms in total. The Morgan fingerprint density at radius 3 is 2.21 bits per heavy atom. The van der Waals surface area contributed by atoms with Crippen LogP contribution >= 0.6 is 0 Å². The molecule has 0 radical (unpaired) electrons.